The van der Waals surface area contributed by atoms with Gasteiger partial charge in [-0.15, -0.1) is 0 Å². The van der Waals surface area contributed by atoms with Crippen molar-refractivity contribution in [2.75, 3.05) is 20.2 Å². The molecule has 3 saturated heterocycles. The molecule has 1 atom stereocenters. The summed E-state index contributed by atoms with van der Waals surface area (Å²) in [6.45, 7) is 3.13. The lowest BCUT2D eigenvalue weighted by molar-refractivity contribution is -0.0632. The van der Waals surface area contributed by atoms with E-state index in [1.54, 1.807) is 7.11 Å². The Bertz CT molecular complexity index is 943. The molecule has 3 heterocycles. The van der Waals surface area contributed by atoms with Crippen LogP contribution < -0.4 is 10.1 Å². The van der Waals surface area contributed by atoms with Gasteiger partial charge in [-0.3, -0.25) is 10.2 Å². The summed E-state index contributed by atoms with van der Waals surface area (Å²) in [5.41, 5.74) is 3.87. The van der Waals surface area contributed by atoms with Crippen LogP contribution in [0.25, 0.3) is 0 Å². The van der Waals surface area contributed by atoms with E-state index < -0.39 is 0 Å². The Labute approximate surface area is 186 Å². The molecule has 3 aliphatic heterocycles. The predicted octanol–water partition coefficient (Wildman–Crippen LogP) is 5.43. The molecule has 160 valence electrons. The van der Waals surface area contributed by atoms with Gasteiger partial charge in [-0.2, -0.15) is 0 Å². The third-order valence-corrected chi connectivity index (χ3v) is 7.30. The zero-order valence-electron chi connectivity index (χ0n) is 18.3. The van der Waals surface area contributed by atoms with E-state index in [1.165, 1.54) is 49.0 Å². The summed E-state index contributed by atoms with van der Waals surface area (Å²) in [5.74, 6) is 2.01. The van der Waals surface area contributed by atoms with E-state index in [0.717, 1.165) is 18.2 Å². The molecular formula is C28H32N2O. The average molecular weight is 413 g/mol. The highest BCUT2D eigenvalue weighted by Crippen LogP contribution is 2.48. The standard InChI is InChI=1S/C28H32N2O/c1-31-26-15-9-8-14-25(26)21-29-28(20-22-16-18-30(28)19-17-22)27(23-10-4-2-5-11-23)24-12-6-3-7-13-24/h2-15,22,27,29H,16-21H2,1H3. The molecule has 0 aliphatic carbocycles. The SMILES string of the molecule is COc1ccccc1CNC1(C(c2ccccc2)c2ccccc2)CC2CCN1CC2. The number of piperidine rings is 3. The minimum atomic E-state index is -0.106. The van der Waals surface area contributed by atoms with Crippen molar-refractivity contribution in [2.45, 2.75) is 37.4 Å². The highest BCUT2D eigenvalue weighted by atomic mass is 16.5. The topological polar surface area (TPSA) is 24.5 Å². The molecule has 1 unspecified atom stereocenters. The summed E-state index contributed by atoms with van der Waals surface area (Å²) in [6, 6.07) is 30.5. The van der Waals surface area contributed by atoms with Crippen LogP contribution in [0.2, 0.25) is 0 Å². The van der Waals surface area contributed by atoms with E-state index in [9.17, 15) is 0 Å². The first kappa shape index (κ1) is 20.3. The maximum Gasteiger partial charge on any atom is 0.123 e. The lowest BCUT2D eigenvalue weighted by Gasteiger charge is -2.58. The van der Waals surface area contributed by atoms with Crippen LogP contribution >= 0.6 is 0 Å². The Morgan fingerprint density at radius 2 is 1.45 bits per heavy atom. The number of hydrogen-bond acceptors (Lipinski definition) is 3. The van der Waals surface area contributed by atoms with E-state index in [0.29, 0.717) is 0 Å². The second kappa shape index (κ2) is 8.86. The number of nitrogens with one attached hydrogen (secondary N) is 1. The van der Waals surface area contributed by atoms with Gasteiger partial charge in [0.2, 0.25) is 0 Å². The molecule has 1 N–H and O–H groups in total. The van der Waals surface area contributed by atoms with Crippen molar-refractivity contribution >= 4 is 0 Å². The molecular weight excluding hydrogens is 380 g/mol. The van der Waals surface area contributed by atoms with Crippen LogP contribution in [0, 0.1) is 5.92 Å². The molecule has 0 radical (unpaired) electrons. The van der Waals surface area contributed by atoms with Crippen molar-refractivity contribution in [1.82, 2.24) is 10.2 Å². The molecule has 2 bridgehead atoms. The van der Waals surface area contributed by atoms with Crippen LogP contribution in [0.3, 0.4) is 0 Å². The summed E-state index contributed by atoms with van der Waals surface area (Å²) < 4.78 is 5.66. The summed E-state index contributed by atoms with van der Waals surface area (Å²) in [4.78, 5) is 2.73. The lowest BCUT2D eigenvalue weighted by Crippen LogP contribution is -2.68. The van der Waals surface area contributed by atoms with Gasteiger partial charge >= 0.3 is 0 Å². The van der Waals surface area contributed by atoms with E-state index in [4.69, 9.17) is 4.74 Å². The zero-order chi connectivity index (χ0) is 21.1. The Morgan fingerprint density at radius 3 is 2.00 bits per heavy atom. The fourth-order valence-electron chi connectivity index (χ4n) is 5.82. The van der Waals surface area contributed by atoms with Gasteiger partial charge in [0.15, 0.2) is 0 Å². The molecule has 3 aliphatic rings. The number of benzene rings is 3. The monoisotopic (exact) mass is 412 g/mol. The number of nitrogens with zero attached hydrogens (tertiary/aromatic N) is 1. The number of para-hydroxylation sites is 1. The Kier molecular flexibility index (Phi) is 5.80. The van der Waals surface area contributed by atoms with Crippen molar-refractivity contribution < 1.29 is 4.74 Å². The third-order valence-electron chi connectivity index (χ3n) is 7.30. The third kappa shape index (κ3) is 3.88. The number of fused-ring (bicyclic) bond motifs is 3. The molecule has 3 fully saturated rings. The van der Waals surface area contributed by atoms with Crippen molar-refractivity contribution in [3.63, 3.8) is 0 Å². The number of hydrogen-bond donors (Lipinski definition) is 1. The van der Waals surface area contributed by atoms with Crippen molar-refractivity contribution in [2.24, 2.45) is 5.92 Å². The van der Waals surface area contributed by atoms with Crippen LogP contribution in [-0.2, 0) is 6.54 Å². The lowest BCUT2D eigenvalue weighted by atomic mass is 9.69. The van der Waals surface area contributed by atoms with Crippen molar-refractivity contribution in [3.8, 4) is 5.75 Å². The first-order chi connectivity index (χ1) is 15.3. The van der Waals surface area contributed by atoms with E-state index in [1.807, 2.05) is 6.07 Å². The molecule has 3 aromatic carbocycles. The highest BCUT2D eigenvalue weighted by Gasteiger charge is 2.51. The molecule has 0 amide bonds. The highest BCUT2D eigenvalue weighted by molar-refractivity contribution is 5.38. The van der Waals surface area contributed by atoms with Gasteiger partial charge in [0.25, 0.3) is 0 Å². The number of methoxy groups -OCH3 is 1. The quantitative estimate of drug-likeness (QED) is 0.560. The van der Waals surface area contributed by atoms with Crippen LogP contribution in [0.5, 0.6) is 5.75 Å². The Hall–Kier alpha value is -2.62. The summed E-state index contributed by atoms with van der Waals surface area (Å²) in [5, 5.41) is 4.10. The van der Waals surface area contributed by atoms with Gasteiger partial charge in [0.1, 0.15) is 5.75 Å². The van der Waals surface area contributed by atoms with E-state index in [-0.39, 0.29) is 11.6 Å². The van der Waals surface area contributed by atoms with Gasteiger partial charge in [0, 0.05) is 31.1 Å². The fourth-order valence-corrected chi connectivity index (χ4v) is 5.82. The maximum atomic E-state index is 5.66. The number of rotatable bonds is 7. The fraction of sp³-hybridized carbons (Fsp3) is 0.357. The van der Waals surface area contributed by atoms with Crippen molar-refractivity contribution in [1.29, 1.82) is 0 Å². The zero-order valence-corrected chi connectivity index (χ0v) is 18.3. The summed E-state index contributed by atoms with van der Waals surface area (Å²) in [7, 11) is 1.76. The average Bonchev–Trinajstić information content (AvgIpc) is 2.85. The normalized spacial score (nSPS) is 25.0. The first-order valence-corrected chi connectivity index (χ1v) is 11.5. The Balaban J connectivity index is 1.59. The first-order valence-electron chi connectivity index (χ1n) is 11.5. The van der Waals surface area contributed by atoms with Crippen molar-refractivity contribution in [3.05, 3.63) is 102 Å². The molecule has 0 saturated carbocycles. The molecule has 31 heavy (non-hydrogen) atoms. The van der Waals surface area contributed by atoms with Gasteiger partial charge in [0.05, 0.1) is 12.8 Å². The summed E-state index contributed by atoms with van der Waals surface area (Å²) >= 11 is 0. The molecule has 6 rings (SSSR count). The second-order valence-electron chi connectivity index (χ2n) is 8.98. The molecule has 0 aromatic heterocycles. The molecule has 0 spiro atoms. The predicted molar refractivity (Wildman–Crippen MR) is 126 cm³/mol. The molecule has 3 aromatic rings. The summed E-state index contributed by atoms with van der Waals surface area (Å²) in [6.07, 6.45) is 3.80. The molecule has 3 nitrogen and oxygen atoms in total. The smallest absolute Gasteiger partial charge is 0.123 e. The molecule has 3 heteroatoms. The van der Waals surface area contributed by atoms with Crippen LogP contribution in [0.1, 0.15) is 41.9 Å². The van der Waals surface area contributed by atoms with E-state index >= 15 is 0 Å². The van der Waals surface area contributed by atoms with E-state index in [2.05, 4.69) is 89.1 Å². The number of ether oxygens (including phenoxy) is 1. The van der Waals surface area contributed by atoms with Gasteiger partial charge in [-0.1, -0.05) is 78.9 Å². The van der Waals surface area contributed by atoms with Crippen LogP contribution in [0.4, 0.5) is 0 Å². The van der Waals surface area contributed by atoms with Gasteiger partial charge in [-0.25, -0.2) is 0 Å². The Morgan fingerprint density at radius 1 is 0.871 bits per heavy atom. The van der Waals surface area contributed by atoms with Gasteiger partial charge in [-0.05, 0) is 42.4 Å². The largest absolute Gasteiger partial charge is 0.496 e. The van der Waals surface area contributed by atoms with Crippen LogP contribution in [-0.4, -0.2) is 30.8 Å². The van der Waals surface area contributed by atoms with Crippen LogP contribution in [0.15, 0.2) is 84.9 Å². The minimum Gasteiger partial charge on any atom is -0.496 e. The minimum absolute atomic E-state index is 0.106. The maximum absolute atomic E-state index is 5.66. The second-order valence-corrected chi connectivity index (χ2v) is 8.98. The van der Waals surface area contributed by atoms with Gasteiger partial charge < -0.3 is 4.74 Å².